The van der Waals surface area contributed by atoms with E-state index in [4.69, 9.17) is 4.43 Å². The van der Waals surface area contributed by atoms with Gasteiger partial charge in [-0.15, -0.1) is 0 Å². The van der Waals surface area contributed by atoms with Gasteiger partial charge in [0.25, 0.3) is 8.32 Å². The molecule has 0 saturated carbocycles. The molecule has 3 N–H and O–H groups in total. The Balaban J connectivity index is 1.14. The largest absolute Gasteiger partial charge is 0.508 e. The highest BCUT2D eigenvalue weighted by Gasteiger charge is 2.57. The Hall–Kier alpha value is -5.42. The maximum atomic E-state index is 14.8. The van der Waals surface area contributed by atoms with E-state index in [1.165, 1.54) is 5.56 Å². The van der Waals surface area contributed by atoms with E-state index < -0.39 is 32.2 Å². The normalized spacial score (nSPS) is 20.7. The third-order valence-electron chi connectivity index (χ3n) is 13.9. The molecule has 1 aliphatic carbocycles. The van der Waals surface area contributed by atoms with Gasteiger partial charge in [0.2, 0.25) is 11.8 Å². The van der Waals surface area contributed by atoms with Crippen LogP contribution in [0.1, 0.15) is 69.6 Å². The summed E-state index contributed by atoms with van der Waals surface area (Å²) in [6, 6.07) is 48.1. The minimum atomic E-state index is -3.07. The van der Waals surface area contributed by atoms with Crippen LogP contribution in [0.3, 0.4) is 0 Å². The van der Waals surface area contributed by atoms with Crippen molar-refractivity contribution < 1.29 is 29.3 Å². The molecule has 4 atom stereocenters. The van der Waals surface area contributed by atoms with Crippen LogP contribution in [-0.2, 0) is 20.6 Å². The molecule has 0 radical (unpaired) electrons. The molecule has 2 fully saturated rings. The predicted molar refractivity (Wildman–Crippen MR) is 257 cm³/mol. The summed E-state index contributed by atoms with van der Waals surface area (Å²) in [5.41, 5.74) is 5.59. The van der Waals surface area contributed by atoms with Gasteiger partial charge in [-0.2, -0.15) is 0 Å². The summed E-state index contributed by atoms with van der Waals surface area (Å²) in [6.45, 7) is 8.82. The average Bonchev–Trinajstić information content (AvgIpc) is 3.57. The van der Waals surface area contributed by atoms with Crippen molar-refractivity contribution in [3.05, 3.63) is 173 Å². The number of phenolic OH excluding ortho intramolecular Hbond substituents is 1. The Kier molecular flexibility index (Phi) is 13.9. The molecule has 0 aromatic heterocycles. The minimum absolute atomic E-state index is 0.146. The molecule has 5 aromatic carbocycles. The van der Waals surface area contributed by atoms with Crippen molar-refractivity contribution in [2.75, 3.05) is 26.3 Å². The van der Waals surface area contributed by atoms with E-state index in [2.05, 4.69) is 92.4 Å². The van der Waals surface area contributed by atoms with Crippen molar-refractivity contribution in [3.63, 3.8) is 0 Å². The number of carbonyl (C=O) groups excluding carboxylic acids is 2. The van der Waals surface area contributed by atoms with Crippen LogP contribution in [0.4, 0.5) is 0 Å². The topological polar surface area (TPSA) is 111 Å². The van der Waals surface area contributed by atoms with E-state index >= 15 is 0 Å². The number of hydrogen-bond acceptors (Lipinski definition) is 7. The lowest BCUT2D eigenvalue weighted by Crippen LogP contribution is -2.66. The maximum Gasteiger partial charge on any atom is 0.261 e. The first-order chi connectivity index (χ1) is 31.0. The number of imide groups is 1. The Labute approximate surface area is 379 Å². The van der Waals surface area contributed by atoms with Crippen molar-refractivity contribution in [2.45, 2.75) is 76.6 Å². The smallest absolute Gasteiger partial charge is 0.261 e. The molecule has 332 valence electrons. The first kappa shape index (κ1) is 45.2. The van der Waals surface area contributed by atoms with Crippen molar-refractivity contribution in [1.29, 1.82) is 0 Å². The van der Waals surface area contributed by atoms with E-state index in [9.17, 15) is 24.9 Å². The molecule has 0 spiro atoms. The van der Waals surface area contributed by atoms with E-state index in [1.54, 1.807) is 17.0 Å². The molecule has 5 aromatic rings. The zero-order chi connectivity index (χ0) is 44.8. The lowest BCUT2D eigenvalue weighted by Gasteiger charge is -2.44. The fraction of sp³-hybridized carbons (Fsp3) is 0.345. The summed E-state index contributed by atoms with van der Waals surface area (Å²) in [7, 11) is -3.07. The van der Waals surface area contributed by atoms with E-state index in [1.807, 2.05) is 72.8 Å². The lowest BCUT2D eigenvalue weighted by molar-refractivity contribution is -0.144. The molecule has 0 unspecified atom stereocenters. The van der Waals surface area contributed by atoms with Crippen LogP contribution < -0.4 is 10.4 Å². The highest BCUT2D eigenvalue weighted by Crippen LogP contribution is 2.48. The number of likely N-dealkylation sites (tertiary alicyclic amines) is 2. The van der Waals surface area contributed by atoms with Crippen LogP contribution in [0.25, 0.3) is 11.6 Å². The summed E-state index contributed by atoms with van der Waals surface area (Å²) >= 11 is 0. The number of carbonyl (C=O) groups is 2. The molecule has 0 bridgehead atoms. The van der Waals surface area contributed by atoms with Gasteiger partial charge in [-0.1, -0.05) is 160 Å². The first-order valence-corrected chi connectivity index (χ1v) is 24.8. The van der Waals surface area contributed by atoms with Crippen LogP contribution in [-0.4, -0.2) is 83.7 Å². The molecular formula is C55H62N2O6Si. The molecule has 2 heterocycles. The number of allylic oxidation sites excluding steroid dienone is 1. The summed E-state index contributed by atoms with van der Waals surface area (Å²) in [4.78, 5) is 33.5. The monoisotopic (exact) mass is 874 g/mol. The molecule has 2 amide bonds. The number of nitrogens with zero attached hydrogens (tertiary/aromatic N) is 2. The number of aliphatic hydroxyl groups excluding tert-OH is 2. The van der Waals surface area contributed by atoms with Crippen molar-refractivity contribution >= 4 is 42.2 Å². The minimum Gasteiger partial charge on any atom is -0.508 e. The molecule has 9 heteroatoms. The maximum absolute atomic E-state index is 14.8. The Bertz CT molecular complexity index is 2370. The number of fused-ring (bicyclic) bond motifs is 1. The van der Waals surface area contributed by atoms with Crippen molar-refractivity contribution in [3.8, 4) is 5.75 Å². The quantitative estimate of drug-likeness (QED) is 0.0421. The number of aromatic hydroxyl groups is 1. The summed E-state index contributed by atoms with van der Waals surface area (Å²) in [6.07, 6.45) is 3.51. The summed E-state index contributed by atoms with van der Waals surface area (Å²) in [5, 5.41) is 36.0. The SMILES string of the molecule is CC(C)(C)[Si](OCC1=C([C@H](O)CC/C(=C/c2ccc(O)cc2)c2ccccc2)[C@H](CO)[C@@H]2C(=O)N(C3CCN(Cc4ccccc4)CC3)C(=O)[C@@H]2C1)(c1ccccc1)c1ccccc1. The second-order valence-corrected chi connectivity index (χ2v) is 23.2. The molecular weight excluding hydrogens is 813 g/mol. The van der Waals surface area contributed by atoms with Gasteiger partial charge in [-0.25, -0.2) is 0 Å². The second kappa shape index (κ2) is 19.8. The number of hydrogen-bond donors (Lipinski definition) is 3. The lowest BCUT2D eigenvalue weighted by atomic mass is 9.68. The van der Waals surface area contributed by atoms with Gasteiger partial charge in [0, 0.05) is 31.6 Å². The molecule has 8 rings (SSSR count). The van der Waals surface area contributed by atoms with Gasteiger partial charge in [0.1, 0.15) is 5.75 Å². The van der Waals surface area contributed by atoms with Gasteiger partial charge in [0.15, 0.2) is 0 Å². The molecule has 8 nitrogen and oxygen atoms in total. The Morgan fingerprint density at radius 1 is 0.781 bits per heavy atom. The average molecular weight is 875 g/mol. The third kappa shape index (κ3) is 9.37. The van der Waals surface area contributed by atoms with Crippen molar-refractivity contribution in [1.82, 2.24) is 9.80 Å². The zero-order valence-electron chi connectivity index (χ0n) is 37.4. The van der Waals surface area contributed by atoms with E-state index in [0.717, 1.165) is 52.3 Å². The van der Waals surface area contributed by atoms with Crippen LogP contribution in [0, 0.1) is 17.8 Å². The van der Waals surface area contributed by atoms with Crippen molar-refractivity contribution in [2.24, 2.45) is 17.8 Å². The number of amides is 2. The molecule has 3 aliphatic rings. The van der Waals surface area contributed by atoms with E-state index in [-0.39, 0.29) is 48.3 Å². The second-order valence-electron chi connectivity index (χ2n) is 18.9. The van der Waals surface area contributed by atoms with Crippen LogP contribution in [0.5, 0.6) is 5.75 Å². The van der Waals surface area contributed by atoms with Gasteiger partial charge < -0.3 is 19.7 Å². The van der Waals surface area contributed by atoms with Gasteiger partial charge in [-0.05, 0) is 93.1 Å². The van der Waals surface area contributed by atoms with Gasteiger partial charge in [0.05, 0.1) is 31.2 Å². The van der Waals surface area contributed by atoms with Crippen LogP contribution in [0.15, 0.2) is 157 Å². The Morgan fingerprint density at radius 2 is 1.34 bits per heavy atom. The summed E-state index contributed by atoms with van der Waals surface area (Å²) in [5.74, 6) is -2.41. The van der Waals surface area contributed by atoms with Crippen LogP contribution in [0.2, 0.25) is 5.04 Å². The van der Waals surface area contributed by atoms with Gasteiger partial charge in [-0.3, -0.25) is 19.4 Å². The molecule has 2 saturated heterocycles. The highest BCUT2D eigenvalue weighted by atomic mass is 28.4. The molecule has 64 heavy (non-hydrogen) atoms. The fourth-order valence-electron chi connectivity index (χ4n) is 10.8. The highest BCUT2D eigenvalue weighted by molar-refractivity contribution is 6.99. The van der Waals surface area contributed by atoms with Gasteiger partial charge >= 0.3 is 0 Å². The van der Waals surface area contributed by atoms with Crippen LogP contribution >= 0.6 is 0 Å². The predicted octanol–water partition coefficient (Wildman–Crippen LogP) is 8.23. The summed E-state index contributed by atoms with van der Waals surface area (Å²) < 4.78 is 7.52. The molecule has 2 aliphatic heterocycles. The van der Waals surface area contributed by atoms with E-state index in [0.29, 0.717) is 31.3 Å². The third-order valence-corrected chi connectivity index (χ3v) is 18.9. The number of phenols is 1. The number of benzene rings is 5. The number of aliphatic hydroxyl groups is 2. The Morgan fingerprint density at radius 3 is 1.91 bits per heavy atom. The standard InChI is InChI=1S/C55H62N2O6Si/c1-55(2,3)64(46-20-12-6-13-21-46,47-22-14-7-15-23-47)63-38-43-35-48-52(54(62)57(53(48)61)44-30-32-56(33-31-44)36-40-16-8-4-9-17-40)49(37-58)51(43)50(60)29-26-42(41-18-10-5-11-19-41)34-39-24-27-45(59)28-25-39/h4-25,27-28,34,44,48-50,52,58-60H,26,29-33,35-38H2,1-3H3/b42-34-/t48-,49+,50-,52-/m1/s1. The number of piperidine rings is 1. The zero-order valence-corrected chi connectivity index (χ0v) is 38.4. The first-order valence-electron chi connectivity index (χ1n) is 22.9. The number of rotatable bonds is 15. The fourth-order valence-corrected chi connectivity index (χ4v) is 15.3.